The second-order valence-electron chi connectivity index (χ2n) is 9.99. The minimum absolute atomic E-state index is 0. The first kappa shape index (κ1) is 41.9. The fourth-order valence-electron chi connectivity index (χ4n) is 3.77. The monoisotopic (exact) mass is 767 g/mol. The van der Waals surface area contributed by atoms with Crippen LogP contribution in [0.3, 0.4) is 0 Å². The number of rotatable bonds is 8. The fourth-order valence-corrected chi connectivity index (χ4v) is 5.77. The van der Waals surface area contributed by atoms with E-state index in [0.717, 1.165) is 18.2 Å². The Balaban J connectivity index is 0.000000500. The van der Waals surface area contributed by atoms with Crippen molar-refractivity contribution in [2.75, 3.05) is 7.11 Å². The average molecular weight is 768 g/mol. The summed E-state index contributed by atoms with van der Waals surface area (Å²) in [7, 11) is -6.95. The van der Waals surface area contributed by atoms with E-state index < -0.39 is 20.0 Å². The van der Waals surface area contributed by atoms with Gasteiger partial charge in [-0.15, -0.1) is 0 Å². The molecule has 1 radical (unpaired) electrons. The standard InChI is InChI=1S/C26H22N4O4S2.2C5H5N.CH4O.Co/c1-19-11-15-21(16-12-19)35(31,32)29-25-9-5-3-7-23(25)27-28-24-8-4-6-10-26(24)30-36(33,34)22-17-13-20(2)14-18-22;2*1-2-4-6-5-3-1;1-2;/h3-18H,1-2H3;2*1-5H;2H,1H3;/q-2;;;;+2. The zero-order chi connectivity index (χ0) is 36.2. The number of sulfonamides is 2. The Bertz CT molecular complexity index is 1920. The molecule has 4 aromatic carbocycles. The van der Waals surface area contributed by atoms with Crippen LogP contribution in [0.25, 0.3) is 9.44 Å². The molecule has 1 N–H and O–H groups in total. The molecule has 0 aliphatic heterocycles. The predicted molar refractivity (Wildman–Crippen MR) is 196 cm³/mol. The molecule has 0 saturated heterocycles. The van der Waals surface area contributed by atoms with Gasteiger partial charge in [-0.25, -0.2) is 16.8 Å². The number of aromatic nitrogens is 2. The summed E-state index contributed by atoms with van der Waals surface area (Å²) in [5.41, 5.74) is 2.45. The molecule has 6 aromatic rings. The molecule has 265 valence electrons. The number of aliphatic hydroxyl groups is 1. The van der Waals surface area contributed by atoms with Crippen LogP contribution in [0, 0.1) is 13.8 Å². The minimum Gasteiger partial charge on any atom is -0.571 e. The second-order valence-corrected chi connectivity index (χ2v) is 13.2. The molecular weight excluding hydrogens is 732 g/mol. The van der Waals surface area contributed by atoms with Crippen LogP contribution in [0.2, 0.25) is 0 Å². The van der Waals surface area contributed by atoms with Crippen molar-refractivity contribution >= 4 is 42.8 Å². The van der Waals surface area contributed by atoms with E-state index in [4.69, 9.17) is 5.11 Å². The summed E-state index contributed by atoms with van der Waals surface area (Å²) in [6.07, 6.45) is 7.00. The van der Waals surface area contributed by atoms with Crippen molar-refractivity contribution in [3.63, 3.8) is 0 Å². The first-order valence-corrected chi connectivity index (χ1v) is 17.9. The first-order valence-electron chi connectivity index (χ1n) is 15.0. The minimum atomic E-state index is -3.98. The third-order valence-corrected chi connectivity index (χ3v) is 8.85. The van der Waals surface area contributed by atoms with Crippen molar-refractivity contribution in [1.82, 2.24) is 9.97 Å². The molecular formula is C37H36CoN6O5S2. The Morgan fingerprint density at radius 1 is 0.471 bits per heavy atom. The molecule has 2 aromatic heterocycles. The van der Waals surface area contributed by atoms with E-state index in [1.54, 1.807) is 85.5 Å². The third kappa shape index (κ3) is 14.3. The van der Waals surface area contributed by atoms with Crippen LogP contribution in [-0.4, -0.2) is 39.0 Å². The van der Waals surface area contributed by atoms with Gasteiger partial charge in [0.2, 0.25) is 0 Å². The van der Waals surface area contributed by atoms with Crippen LogP contribution >= 0.6 is 0 Å². The number of hydrogen-bond donors (Lipinski definition) is 1. The number of nitrogens with zero attached hydrogens (tertiary/aromatic N) is 6. The SMILES string of the molecule is CO.Cc1ccc(S(=O)(=O)[N-]c2ccccc2N=Nc2ccccc2[N-]S(=O)(=O)c2ccc(C)cc2)cc1.[Co+2].c1ccncc1.c1ccncc1. The van der Waals surface area contributed by atoms with Gasteiger partial charge in [-0.2, -0.15) is 10.2 Å². The molecule has 0 bridgehead atoms. The van der Waals surface area contributed by atoms with E-state index in [0.29, 0.717) is 0 Å². The maximum absolute atomic E-state index is 12.8. The molecule has 0 aliphatic carbocycles. The molecule has 2 heterocycles. The van der Waals surface area contributed by atoms with Gasteiger partial charge < -0.3 is 14.6 Å². The first-order chi connectivity index (χ1) is 24.1. The van der Waals surface area contributed by atoms with Crippen LogP contribution < -0.4 is 0 Å². The van der Waals surface area contributed by atoms with Crippen molar-refractivity contribution in [3.05, 3.63) is 179 Å². The second kappa shape index (κ2) is 21.8. The molecule has 0 aliphatic rings. The molecule has 14 heteroatoms. The van der Waals surface area contributed by atoms with Gasteiger partial charge in [-0.05, 0) is 74.5 Å². The fraction of sp³-hybridized carbons (Fsp3) is 0.0811. The van der Waals surface area contributed by atoms with Gasteiger partial charge in [0.1, 0.15) is 20.0 Å². The topological polar surface area (TPSA) is 167 Å². The number of pyridine rings is 2. The Morgan fingerprint density at radius 2 is 0.784 bits per heavy atom. The molecule has 0 unspecified atom stereocenters. The summed E-state index contributed by atoms with van der Waals surface area (Å²) in [5.74, 6) is 0. The summed E-state index contributed by atoms with van der Waals surface area (Å²) in [5, 5.41) is 15.3. The number of aryl methyl sites for hydroxylation is 2. The van der Waals surface area contributed by atoms with Crippen LogP contribution in [0.1, 0.15) is 11.1 Å². The van der Waals surface area contributed by atoms with Gasteiger partial charge in [0.05, 0.1) is 21.2 Å². The zero-order valence-electron chi connectivity index (χ0n) is 27.9. The van der Waals surface area contributed by atoms with Gasteiger partial charge >= 0.3 is 16.8 Å². The van der Waals surface area contributed by atoms with E-state index in [2.05, 4.69) is 29.6 Å². The Hall–Kier alpha value is -5.25. The van der Waals surface area contributed by atoms with Gasteiger partial charge in [-0.1, -0.05) is 95.3 Å². The Morgan fingerprint density at radius 3 is 1.06 bits per heavy atom. The van der Waals surface area contributed by atoms with E-state index in [-0.39, 0.29) is 49.3 Å². The molecule has 0 fully saturated rings. The summed E-state index contributed by atoms with van der Waals surface area (Å²) >= 11 is 0. The van der Waals surface area contributed by atoms with Gasteiger partial charge in [-0.3, -0.25) is 9.97 Å². The van der Waals surface area contributed by atoms with E-state index in [9.17, 15) is 16.8 Å². The maximum Gasteiger partial charge on any atom is 2.00 e. The predicted octanol–water partition coefficient (Wildman–Crippen LogP) is 9.28. The average Bonchev–Trinajstić information content (AvgIpc) is 3.15. The van der Waals surface area contributed by atoms with Gasteiger partial charge in [0.25, 0.3) is 0 Å². The van der Waals surface area contributed by atoms with Gasteiger partial charge in [0.15, 0.2) is 0 Å². The van der Waals surface area contributed by atoms with Crippen LogP contribution in [0.15, 0.2) is 178 Å². The van der Waals surface area contributed by atoms with Crippen molar-refractivity contribution in [3.8, 4) is 0 Å². The quantitative estimate of drug-likeness (QED) is 0.151. The summed E-state index contributed by atoms with van der Waals surface area (Å²) in [6, 6.07) is 36.9. The third-order valence-electron chi connectivity index (χ3n) is 6.24. The summed E-state index contributed by atoms with van der Waals surface area (Å²) in [4.78, 5) is 7.69. The molecule has 11 nitrogen and oxygen atoms in total. The van der Waals surface area contributed by atoms with Crippen molar-refractivity contribution in [1.29, 1.82) is 0 Å². The molecule has 51 heavy (non-hydrogen) atoms. The van der Waals surface area contributed by atoms with Crippen LogP contribution in [0.4, 0.5) is 22.7 Å². The Labute approximate surface area is 309 Å². The molecule has 6 rings (SSSR count). The maximum atomic E-state index is 12.8. The Kier molecular flexibility index (Phi) is 17.9. The smallest absolute Gasteiger partial charge is 0.571 e. The normalized spacial score (nSPS) is 10.4. The summed E-state index contributed by atoms with van der Waals surface area (Å²) < 4.78 is 59.0. The van der Waals surface area contributed by atoms with Crippen molar-refractivity contribution in [2.45, 2.75) is 23.6 Å². The van der Waals surface area contributed by atoms with Crippen molar-refractivity contribution in [2.24, 2.45) is 10.2 Å². The number of aliphatic hydroxyl groups excluding tert-OH is 1. The van der Waals surface area contributed by atoms with E-state index in [1.807, 2.05) is 50.2 Å². The van der Waals surface area contributed by atoms with E-state index >= 15 is 0 Å². The molecule has 0 amide bonds. The zero-order valence-corrected chi connectivity index (χ0v) is 30.6. The van der Waals surface area contributed by atoms with Crippen molar-refractivity contribution < 1.29 is 38.7 Å². The number of azo groups is 1. The number of hydrogen-bond acceptors (Lipinski definition) is 9. The van der Waals surface area contributed by atoms with Gasteiger partial charge in [0, 0.05) is 31.9 Å². The molecule has 0 spiro atoms. The molecule has 0 atom stereocenters. The molecule has 0 saturated carbocycles. The van der Waals surface area contributed by atoms with Crippen LogP contribution in [-0.2, 0) is 36.8 Å². The van der Waals surface area contributed by atoms with Crippen LogP contribution in [0.5, 0.6) is 0 Å². The number of benzene rings is 4. The van der Waals surface area contributed by atoms with E-state index in [1.165, 1.54) is 36.4 Å². The largest absolute Gasteiger partial charge is 2.00 e. The summed E-state index contributed by atoms with van der Waals surface area (Å²) in [6.45, 7) is 3.72.